The van der Waals surface area contributed by atoms with Crippen LogP contribution in [0.1, 0.15) is 36.3 Å². The minimum atomic E-state index is 0.728. The van der Waals surface area contributed by atoms with Crippen LogP contribution in [0.4, 0.5) is 0 Å². The normalized spacial score (nSPS) is 33.8. The molecule has 0 heteroatoms. The number of hydrogen-bond donors (Lipinski definition) is 0. The fraction of sp³-hybridized carbons (Fsp3) is 0.385. The maximum atomic E-state index is 2.40. The molecule has 0 saturated carbocycles. The van der Waals surface area contributed by atoms with Crippen molar-refractivity contribution < 1.29 is 0 Å². The zero-order valence-corrected chi connectivity index (χ0v) is 7.90. The number of hydrogen-bond acceptors (Lipinski definition) is 0. The first-order valence-electron chi connectivity index (χ1n) is 5.19. The summed E-state index contributed by atoms with van der Waals surface area (Å²) in [5.74, 6) is 2.31. The van der Waals surface area contributed by atoms with Crippen LogP contribution in [-0.2, 0) is 0 Å². The van der Waals surface area contributed by atoms with E-state index in [9.17, 15) is 0 Å². The third-order valence-electron chi connectivity index (χ3n) is 3.63. The van der Waals surface area contributed by atoms with E-state index in [1.807, 2.05) is 0 Å². The van der Waals surface area contributed by atoms with E-state index in [1.54, 1.807) is 11.1 Å². The molecule has 66 valence electrons. The number of allylic oxidation sites excluding steroid dienone is 2. The summed E-state index contributed by atoms with van der Waals surface area (Å²) in [5.41, 5.74) is 3.17. The van der Waals surface area contributed by atoms with Crippen molar-refractivity contribution in [1.29, 1.82) is 0 Å². The minimum Gasteiger partial charge on any atom is -0.0801 e. The highest BCUT2D eigenvalue weighted by atomic mass is 14.4. The van der Waals surface area contributed by atoms with Crippen LogP contribution in [0.3, 0.4) is 0 Å². The molecule has 1 aromatic rings. The first-order valence-corrected chi connectivity index (χ1v) is 5.19. The van der Waals surface area contributed by atoms with E-state index in [2.05, 4.69) is 43.3 Å². The van der Waals surface area contributed by atoms with E-state index in [1.165, 1.54) is 6.42 Å². The Hall–Kier alpha value is -1.04. The van der Waals surface area contributed by atoms with E-state index < -0.39 is 0 Å². The molecule has 0 heterocycles. The summed E-state index contributed by atoms with van der Waals surface area (Å²) in [6.07, 6.45) is 6.11. The molecule has 0 N–H and O–H groups in total. The lowest BCUT2D eigenvalue weighted by atomic mass is 9.91. The minimum absolute atomic E-state index is 0.728. The fourth-order valence-electron chi connectivity index (χ4n) is 3.04. The summed E-state index contributed by atoms with van der Waals surface area (Å²) in [5, 5.41) is 0. The third kappa shape index (κ3) is 0.810. The van der Waals surface area contributed by atoms with E-state index in [4.69, 9.17) is 0 Å². The van der Waals surface area contributed by atoms with Gasteiger partial charge in [-0.3, -0.25) is 0 Å². The second kappa shape index (κ2) is 2.47. The van der Waals surface area contributed by atoms with E-state index in [0.29, 0.717) is 0 Å². The SMILES string of the molecule is CCC1C2C=CC1c1ccccc12. The van der Waals surface area contributed by atoms with Crippen LogP contribution in [0.15, 0.2) is 36.4 Å². The molecule has 2 atom stereocenters. The fourth-order valence-corrected chi connectivity index (χ4v) is 3.04. The maximum absolute atomic E-state index is 2.40. The van der Waals surface area contributed by atoms with Crippen molar-refractivity contribution in [3.05, 3.63) is 47.5 Å². The molecule has 0 nitrogen and oxygen atoms in total. The molecule has 13 heavy (non-hydrogen) atoms. The summed E-state index contributed by atoms with van der Waals surface area (Å²) in [4.78, 5) is 0. The van der Waals surface area contributed by atoms with Gasteiger partial charge < -0.3 is 0 Å². The van der Waals surface area contributed by atoms with Crippen LogP contribution in [0.2, 0.25) is 0 Å². The topological polar surface area (TPSA) is 0 Å². The standard InChI is InChI=1S/C13H14/c1-2-9-12-7-8-13(9)11-6-4-3-5-10(11)12/h3-9,12-13H,2H2,1H3. The van der Waals surface area contributed by atoms with Crippen LogP contribution in [0.25, 0.3) is 0 Å². The molecule has 3 rings (SSSR count). The van der Waals surface area contributed by atoms with Crippen molar-refractivity contribution in [3.63, 3.8) is 0 Å². The predicted octanol–water partition coefficient (Wildman–Crippen LogP) is 3.46. The first-order chi connectivity index (χ1) is 6.42. The van der Waals surface area contributed by atoms with Crippen molar-refractivity contribution >= 4 is 0 Å². The Kier molecular flexibility index (Phi) is 1.40. The van der Waals surface area contributed by atoms with Crippen molar-refractivity contribution in [1.82, 2.24) is 0 Å². The van der Waals surface area contributed by atoms with Gasteiger partial charge in [0.25, 0.3) is 0 Å². The van der Waals surface area contributed by atoms with Gasteiger partial charge in [-0.1, -0.05) is 49.8 Å². The van der Waals surface area contributed by atoms with Crippen molar-refractivity contribution in [2.45, 2.75) is 25.2 Å². The van der Waals surface area contributed by atoms with Gasteiger partial charge in [-0.15, -0.1) is 0 Å². The molecule has 2 bridgehead atoms. The molecule has 1 aromatic carbocycles. The molecule has 0 aliphatic heterocycles. The molecule has 2 aliphatic carbocycles. The van der Waals surface area contributed by atoms with Gasteiger partial charge in [0.15, 0.2) is 0 Å². The maximum Gasteiger partial charge on any atom is 0.00581 e. The molecule has 0 amide bonds. The predicted molar refractivity (Wildman–Crippen MR) is 54.8 cm³/mol. The third-order valence-corrected chi connectivity index (χ3v) is 3.63. The van der Waals surface area contributed by atoms with Gasteiger partial charge in [-0.05, 0) is 17.0 Å². The Morgan fingerprint density at radius 2 is 1.54 bits per heavy atom. The summed E-state index contributed by atoms with van der Waals surface area (Å²) in [6, 6.07) is 8.93. The lowest BCUT2D eigenvalue weighted by Crippen LogP contribution is -2.01. The van der Waals surface area contributed by atoms with Crippen LogP contribution < -0.4 is 0 Å². The molecule has 2 aliphatic rings. The second-order valence-electron chi connectivity index (χ2n) is 4.14. The number of benzene rings is 1. The molecule has 2 unspecified atom stereocenters. The first kappa shape index (κ1) is 7.37. The monoisotopic (exact) mass is 170 g/mol. The molecular formula is C13H14. The zero-order chi connectivity index (χ0) is 8.84. The van der Waals surface area contributed by atoms with Gasteiger partial charge in [0.2, 0.25) is 0 Å². The lowest BCUT2D eigenvalue weighted by Gasteiger charge is -2.12. The lowest BCUT2D eigenvalue weighted by molar-refractivity contribution is 0.487. The van der Waals surface area contributed by atoms with Crippen LogP contribution in [0, 0.1) is 5.92 Å². The molecule has 0 aromatic heterocycles. The molecular weight excluding hydrogens is 156 g/mol. The van der Waals surface area contributed by atoms with Gasteiger partial charge in [0, 0.05) is 11.8 Å². The van der Waals surface area contributed by atoms with Gasteiger partial charge in [-0.25, -0.2) is 0 Å². The zero-order valence-electron chi connectivity index (χ0n) is 7.90. The highest BCUT2D eigenvalue weighted by Crippen LogP contribution is 2.53. The quantitative estimate of drug-likeness (QED) is 0.566. The van der Waals surface area contributed by atoms with E-state index in [0.717, 1.165) is 17.8 Å². The van der Waals surface area contributed by atoms with Crippen molar-refractivity contribution in [2.75, 3.05) is 0 Å². The van der Waals surface area contributed by atoms with Gasteiger partial charge in [-0.2, -0.15) is 0 Å². The van der Waals surface area contributed by atoms with Gasteiger partial charge in [0.05, 0.1) is 0 Å². The van der Waals surface area contributed by atoms with E-state index >= 15 is 0 Å². The Bertz CT molecular complexity index is 329. The number of rotatable bonds is 1. The van der Waals surface area contributed by atoms with Gasteiger partial charge in [0.1, 0.15) is 0 Å². The van der Waals surface area contributed by atoms with Crippen LogP contribution >= 0.6 is 0 Å². The average molecular weight is 170 g/mol. The molecule has 0 spiro atoms. The largest absolute Gasteiger partial charge is 0.0801 e. The average Bonchev–Trinajstić information content (AvgIpc) is 2.73. The second-order valence-corrected chi connectivity index (χ2v) is 4.14. The van der Waals surface area contributed by atoms with Crippen LogP contribution in [0.5, 0.6) is 0 Å². The Labute approximate surface area is 79.3 Å². The van der Waals surface area contributed by atoms with E-state index in [-0.39, 0.29) is 0 Å². The van der Waals surface area contributed by atoms with Crippen LogP contribution in [-0.4, -0.2) is 0 Å². The molecule has 0 fully saturated rings. The van der Waals surface area contributed by atoms with Crippen molar-refractivity contribution in [3.8, 4) is 0 Å². The highest BCUT2D eigenvalue weighted by Gasteiger charge is 2.40. The Balaban J connectivity index is 2.15. The summed E-state index contributed by atoms with van der Waals surface area (Å²) in [7, 11) is 0. The van der Waals surface area contributed by atoms with Gasteiger partial charge >= 0.3 is 0 Å². The summed E-state index contributed by atoms with van der Waals surface area (Å²) < 4.78 is 0. The highest BCUT2D eigenvalue weighted by molar-refractivity contribution is 5.48. The van der Waals surface area contributed by atoms with Crippen molar-refractivity contribution in [2.24, 2.45) is 5.92 Å². The molecule has 0 radical (unpaired) electrons. The summed E-state index contributed by atoms with van der Waals surface area (Å²) >= 11 is 0. The Morgan fingerprint density at radius 3 is 2.00 bits per heavy atom. The smallest absolute Gasteiger partial charge is 0.00581 e. The summed E-state index contributed by atoms with van der Waals surface area (Å²) in [6.45, 7) is 2.31. The molecule has 0 saturated heterocycles. The number of fused-ring (bicyclic) bond motifs is 5. The Morgan fingerprint density at radius 1 is 1.00 bits per heavy atom.